The molecule has 0 bridgehead atoms. The first-order valence-electron chi connectivity index (χ1n) is 5.94. The molecule has 0 aliphatic carbocycles. The molecular formula is C13H16ClN3O. The molecule has 0 atom stereocenters. The minimum absolute atomic E-state index is 0.646. The molecule has 0 N–H and O–H groups in total. The van der Waals surface area contributed by atoms with Gasteiger partial charge in [-0.25, -0.2) is 0 Å². The zero-order valence-electron chi connectivity index (χ0n) is 10.6. The Morgan fingerprint density at radius 2 is 2.17 bits per heavy atom. The third-order valence-corrected chi connectivity index (χ3v) is 3.09. The summed E-state index contributed by atoms with van der Waals surface area (Å²) >= 11 is 6.08. The van der Waals surface area contributed by atoms with Gasteiger partial charge in [0.1, 0.15) is 5.75 Å². The van der Waals surface area contributed by atoms with Crippen molar-refractivity contribution in [2.45, 2.75) is 26.3 Å². The Morgan fingerprint density at radius 3 is 2.78 bits per heavy atom. The molecule has 0 aliphatic heterocycles. The summed E-state index contributed by atoms with van der Waals surface area (Å²) in [6, 6.07) is 5.85. The number of ether oxygens (including phenoxy) is 1. The Kier molecular flexibility index (Phi) is 4.20. The summed E-state index contributed by atoms with van der Waals surface area (Å²) in [5.74, 6) is 0.706. The van der Waals surface area contributed by atoms with Crippen LogP contribution in [-0.4, -0.2) is 22.1 Å². The molecule has 0 saturated carbocycles. The Morgan fingerprint density at radius 1 is 1.33 bits per heavy atom. The van der Waals surface area contributed by atoms with Crippen LogP contribution < -0.4 is 4.74 Å². The van der Waals surface area contributed by atoms with Gasteiger partial charge >= 0.3 is 0 Å². The largest absolute Gasteiger partial charge is 0.495 e. The Labute approximate surface area is 112 Å². The monoisotopic (exact) mass is 265 g/mol. The maximum Gasteiger partial charge on any atom is 0.137 e. The van der Waals surface area contributed by atoms with Crippen LogP contribution in [0.3, 0.4) is 0 Å². The summed E-state index contributed by atoms with van der Waals surface area (Å²) < 4.78 is 6.95. The van der Waals surface area contributed by atoms with Crippen molar-refractivity contribution < 1.29 is 4.74 Å². The van der Waals surface area contributed by atoms with E-state index in [1.165, 1.54) is 5.56 Å². The second kappa shape index (κ2) is 5.87. The summed E-state index contributed by atoms with van der Waals surface area (Å²) in [6.07, 6.45) is 3.74. The lowest BCUT2D eigenvalue weighted by Gasteiger charge is -2.05. The summed E-state index contributed by atoms with van der Waals surface area (Å²) in [5, 5.41) is 8.77. The van der Waals surface area contributed by atoms with E-state index in [2.05, 4.69) is 10.3 Å². The molecule has 1 aromatic carbocycles. The minimum Gasteiger partial charge on any atom is -0.495 e. The van der Waals surface area contributed by atoms with E-state index in [1.54, 1.807) is 7.11 Å². The van der Waals surface area contributed by atoms with E-state index in [0.717, 1.165) is 25.1 Å². The van der Waals surface area contributed by atoms with Crippen LogP contribution in [0.25, 0.3) is 0 Å². The number of benzene rings is 1. The smallest absolute Gasteiger partial charge is 0.137 e. The molecule has 18 heavy (non-hydrogen) atoms. The molecule has 1 heterocycles. The van der Waals surface area contributed by atoms with Crippen LogP contribution >= 0.6 is 11.6 Å². The summed E-state index contributed by atoms with van der Waals surface area (Å²) in [5.41, 5.74) is 2.18. The van der Waals surface area contributed by atoms with Crippen LogP contribution in [0.15, 0.2) is 24.4 Å². The Bertz CT molecular complexity index is 525. The van der Waals surface area contributed by atoms with Gasteiger partial charge < -0.3 is 4.74 Å². The van der Waals surface area contributed by atoms with E-state index >= 15 is 0 Å². The summed E-state index contributed by atoms with van der Waals surface area (Å²) in [7, 11) is 1.62. The van der Waals surface area contributed by atoms with Crippen molar-refractivity contribution in [2.24, 2.45) is 0 Å². The first-order chi connectivity index (χ1) is 8.72. The first kappa shape index (κ1) is 12.9. The van der Waals surface area contributed by atoms with Crippen LogP contribution in [0.2, 0.25) is 5.02 Å². The molecule has 2 rings (SSSR count). The van der Waals surface area contributed by atoms with E-state index in [0.29, 0.717) is 10.8 Å². The van der Waals surface area contributed by atoms with Gasteiger partial charge in [0, 0.05) is 12.7 Å². The predicted molar refractivity (Wildman–Crippen MR) is 71.1 cm³/mol. The summed E-state index contributed by atoms with van der Waals surface area (Å²) in [6.45, 7) is 2.89. The molecule has 5 heteroatoms. The molecule has 0 fully saturated rings. The number of methoxy groups -OCH3 is 1. The van der Waals surface area contributed by atoms with Crippen molar-refractivity contribution in [3.63, 3.8) is 0 Å². The van der Waals surface area contributed by atoms with Gasteiger partial charge in [0.05, 0.1) is 17.8 Å². The average molecular weight is 266 g/mol. The highest BCUT2D eigenvalue weighted by Crippen LogP contribution is 2.25. The number of aromatic nitrogens is 3. The lowest BCUT2D eigenvalue weighted by atomic mass is 10.1. The quantitative estimate of drug-likeness (QED) is 0.835. The van der Waals surface area contributed by atoms with Crippen molar-refractivity contribution in [3.05, 3.63) is 40.7 Å². The number of hydrogen-bond acceptors (Lipinski definition) is 3. The van der Waals surface area contributed by atoms with E-state index in [-0.39, 0.29) is 0 Å². The van der Waals surface area contributed by atoms with Gasteiger partial charge in [0.25, 0.3) is 0 Å². The molecule has 0 aliphatic rings. The normalized spacial score (nSPS) is 10.6. The predicted octanol–water partition coefficient (Wildman–Crippen LogP) is 2.75. The molecular weight excluding hydrogens is 250 g/mol. The fourth-order valence-corrected chi connectivity index (χ4v) is 2.03. The van der Waals surface area contributed by atoms with Crippen LogP contribution in [0, 0.1) is 0 Å². The fourth-order valence-electron chi connectivity index (χ4n) is 1.75. The third-order valence-electron chi connectivity index (χ3n) is 2.80. The standard InChI is InChI=1S/C13H16ClN3O/c1-3-17-9-11(15-16-17)6-4-10-5-7-13(18-2)12(14)8-10/h5,7-9H,3-4,6H2,1-2H3. The van der Waals surface area contributed by atoms with Crippen LogP contribution in [0.4, 0.5) is 0 Å². The molecule has 0 radical (unpaired) electrons. The van der Waals surface area contributed by atoms with Gasteiger partial charge in [-0.1, -0.05) is 22.9 Å². The van der Waals surface area contributed by atoms with E-state index in [4.69, 9.17) is 16.3 Å². The van der Waals surface area contributed by atoms with Crippen LogP contribution in [0.1, 0.15) is 18.2 Å². The second-order valence-electron chi connectivity index (χ2n) is 4.03. The van der Waals surface area contributed by atoms with Crippen molar-refractivity contribution in [2.75, 3.05) is 7.11 Å². The zero-order valence-corrected chi connectivity index (χ0v) is 11.3. The van der Waals surface area contributed by atoms with Gasteiger partial charge in [0.2, 0.25) is 0 Å². The number of halogens is 1. The lowest BCUT2D eigenvalue weighted by molar-refractivity contribution is 0.415. The van der Waals surface area contributed by atoms with E-state index in [1.807, 2.05) is 36.0 Å². The molecule has 2 aromatic rings. The highest BCUT2D eigenvalue weighted by atomic mass is 35.5. The second-order valence-corrected chi connectivity index (χ2v) is 4.44. The van der Waals surface area contributed by atoms with Gasteiger partial charge in [-0.05, 0) is 37.5 Å². The lowest BCUT2D eigenvalue weighted by Crippen LogP contribution is -1.93. The van der Waals surface area contributed by atoms with Gasteiger partial charge in [0.15, 0.2) is 0 Å². The molecule has 0 unspecified atom stereocenters. The molecule has 96 valence electrons. The Balaban J connectivity index is 1.99. The van der Waals surface area contributed by atoms with Crippen molar-refractivity contribution in [1.29, 1.82) is 0 Å². The fraction of sp³-hybridized carbons (Fsp3) is 0.385. The minimum atomic E-state index is 0.646. The van der Waals surface area contributed by atoms with Crippen molar-refractivity contribution in [1.82, 2.24) is 15.0 Å². The number of nitrogens with zero attached hydrogens (tertiary/aromatic N) is 3. The van der Waals surface area contributed by atoms with Crippen molar-refractivity contribution >= 4 is 11.6 Å². The van der Waals surface area contributed by atoms with Crippen LogP contribution in [0.5, 0.6) is 5.75 Å². The Hall–Kier alpha value is -1.55. The van der Waals surface area contributed by atoms with Crippen LogP contribution in [-0.2, 0) is 19.4 Å². The molecule has 1 aromatic heterocycles. The number of aryl methyl sites for hydroxylation is 3. The maximum absolute atomic E-state index is 6.08. The molecule has 4 nitrogen and oxygen atoms in total. The van der Waals surface area contributed by atoms with Gasteiger partial charge in [-0.3, -0.25) is 4.68 Å². The average Bonchev–Trinajstić information content (AvgIpc) is 2.84. The molecule has 0 amide bonds. The zero-order chi connectivity index (χ0) is 13.0. The van der Waals surface area contributed by atoms with E-state index in [9.17, 15) is 0 Å². The maximum atomic E-state index is 6.08. The number of rotatable bonds is 5. The highest BCUT2D eigenvalue weighted by Gasteiger charge is 2.04. The van der Waals surface area contributed by atoms with Crippen molar-refractivity contribution in [3.8, 4) is 5.75 Å². The highest BCUT2D eigenvalue weighted by molar-refractivity contribution is 6.32. The first-order valence-corrected chi connectivity index (χ1v) is 6.32. The van der Waals surface area contributed by atoms with Gasteiger partial charge in [-0.15, -0.1) is 5.10 Å². The SMILES string of the molecule is CCn1cc(CCc2ccc(OC)c(Cl)c2)nn1. The molecule has 0 spiro atoms. The topological polar surface area (TPSA) is 39.9 Å². The number of hydrogen-bond donors (Lipinski definition) is 0. The summed E-state index contributed by atoms with van der Waals surface area (Å²) in [4.78, 5) is 0. The van der Waals surface area contributed by atoms with Gasteiger partial charge in [-0.2, -0.15) is 0 Å². The third kappa shape index (κ3) is 3.01. The van der Waals surface area contributed by atoms with E-state index < -0.39 is 0 Å². The molecule has 0 saturated heterocycles.